The zero-order valence-corrected chi connectivity index (χ0v) is 11.8. The highest BCUT2D eigenvalue weighted by Crippen LogP contribution is 2.28. The number of amides is 2. The Labute approximate surface area is 117 Å². The standard InChI is InChI=1S/C14H17ClN2O2/c1-9-14(19)17(8-7-13(18)16-9)10(2)11-5-3-4-6-12(11)15/h3-6,9-10H,7-8H2,1-2H3,(H,16,18). The number of rotatable bonds is 2. The summed E-state index contributed by atoms with van der Waals surface area (Å²) in [6.07, 6.45) is 0.324. The Morgan fingerprint density at radius 2 is 2.05 bits per heavy atom. The first kappa shape index (κ1) is 13.9. The highest BCUT2D eigenvalue weighted by atomic mass is 35.5. The monoisotopic (exact) mass is 280 g/mol. The number of nitrogens with zero attached hydrogens (tertiary/aromatic N) is 1. The third-order valence-electron chi connectivity index (χ3n) is 3.43. The lowest BCUT2D eigenvalue weighted by Crippen LogP contribution is -2.43. The Hall–Kier alpha value is -1.55. The van der Waals surface area contributed by atoms with Crippen LogP contribution < -0.4 is 5.32 Å². The Morgan fingerprint density at radius 3 is 2.74 bits per heavy atom. The topological polar surface area (TPSA) is 49.4 Å². The van der Waals surface area contributed by atoms with Gasteiger partial charge in [-0.3, -0.25) is 9.59 Å². The van der Waals surface area contributed by atoms with Crippen molar-refractivity contribution in [3.8, 4) is 0 Å². The van der Waals surface area contributed by atoms with E-state index in [-0.39, 0.29) is 17.9 Å². The molecule has 1 fully saturated rings. The number of carbonyl (C=O) groups is 2. The van der Waals surface area contributed by atoms with Crippen molar-refractivity contribution in [2.24, 2.45) is 0 Å². The highest BCUT2D eigenvalue weighted by Gasteiger charge is 2.30. The molecule has 0 saturated carbocycles. The number of nitrogens with one attached hydrogen (secondary N) is 1. The molecule has 0 aliphatic carbocycles. The van der Waals surface area contributed by atoms with Crippen molar-refractivity contribution >= 4 is 23.4 Å². The number of hydrogen-bond donors (Lipinski definition) is 1. The molecule has 0 bridgehead atoms. The van der Waals surface area contributed by atoms with Crippen molar-refractivity contribution in [2.45, 2.75) is 32.4 Å². The van der Waals surface area contributed by atoms with Gasteiger partial charge in [0.25, 0.3) is 0 Å². The van der Waals surface area contributed by atoms with Crippen LogP contribution >= 0.6 is 11.6 Å². The second-order valence-electron chi connectivity index (χ2n) is 4.77. The Morgan fingerprint density at radius 1 is 1.37 bits per heavy atom. The SMILES string of the molecule is CC1NC(=O)CCN(C(C)c2ccccc2Cl)C1=O. The molecule has 0 spiro atoms. The van der Waals surface area contributed by atoms with E-state index < -0.39 is 6.04 Å². The molecule has 2 rings (SSSR count). The first-order chi connectivity index (χ1) is 9.00. The first-order valence-electron chi connectivity index (χ1n) is 6.35. The van der Waals surface area contributed by atoms with Crippen LogP contribution in [0.1, 0.15) is 31.9 Å². The van der Waals surface area contributed by atoms with E-state index >= 15 is 0 Å². The van der Waals surface area contributed by atoms with Gasteiger partial charge in [0.2, 0.25) is 11.8 Å². The van der Waals surface area contributed by atoms with Gasteiger partial charge in [0.15, 0.2) is 0 Å². The normalized spacial score (nSPS) is 21.8. The average Bonchev–Trinajstić information content (AvgIpc) is 2.50. The van der Waals surface area contributed by atoms with Gasteiger partial charge >= 0.3 is 0 Å². The van der Waals surface area contributed by atoms with Gasteiger partial charge in [0.1, 0.15) is 6.04 Å². The van der Waals surface area contributed by atoms with E-state index in [0.717, 1.165) is 5.56 Å². The second-order valence-corrected chi connectivity index (χ2v) is 5.18. The second kappa shape index (κ2) is 5.61. The quantitative estimate of drug-likeness (QED) is 0.902. The van der Waals surface area contributed by atoms with Gasteiger partial charge in [-0.15, -0.1) is 0 Å². The van der Waals surface area contributed by atoms with E-state index in [9.17, 15) is 9.59 Å². The summed E-state index contributed by atoms with van der Waals surface area (Å²) < 4.78 is 0. The molecule has 2 atom stereocenters. The zero-order valence-electron chi connectivity index (χ0n) is 11.0. The molecule has 1 N–H and O–H groups in total. The van der Waals surface area contributed by atoms with Crippen LogP contribution in [-0.4, -0.2) is 29.3 Å². The first-order valence-corrected chi connectivity index (χ1v) is 6.72. The summed E-state index contributed by atoms with van der Waals surface area (Å²) in [4.78, 5) is 25.5. The Balaban J connectivity index is 2.27. The molecule has 1 aliphatic heterocycles. The summed E-state index contributed by atoms with van der Waals surface area (Å²) in [6.45, 7) is 4.06. The van der Waals surface area contributed by atoms with Crippen molar-refractivity contribution < 1.29 is 9.59 Å². The fraction of sp³-hybridized carbons (Fsp3) is 0.429. The molecule has 0 radical (unpaired) electrons. The van der Waals surface area contributed by atoms with Crippen LogP contribution in [0.3, 0.4) is 0 Å². The lowest BCUT2D eigenvalue weighted by molar-refractivity contribution is -0.134. The molecule has 2 unspecified atom stereocenters. The molecule has 19 heavy (non-hydrogen) atoms. The molecular weight excluding hydrogens is 264 g/mol. The van der Waals surface area contributed by atoms with Gasteiger partial charge in [0.05, 0.1) is 6.04 Å². The van der Waals surface area contributed by atoms with Gasteiger partial charge in [-0.2, -0.15) is 0 Å². The third kappa shape index (κ3) is 2.89. The smallest absolute Gasteiger partial charge is 0.245 e. The maximum atomic E-state index is 12.3. The van der Waals surface area contributed by atoms with Crippen molar-refractivity contribution in [1.29, 1.82) is 0 Å². The maximum Gasteiger partial charge on any atom is 0.245 e. The number of halogens is 1. The van der Waals surface area contributed by atoms with Gasteiger partial charge in [0, 0.05) is 18.0 Å². The molecule has 1 aliphatic rings. The van der Waals surface area contributed by atoms with Crippen molar-refractivity contribution in [3.63, 3.8) is 0 Å². The van der Waals surface area contributed by atoms with Gasteiger partial charge in [-0.1, -0.05) is 29.8 Å². The summed E-state index contributed by atoms with van der Waals surface area (Å²) in [5.74, 6) is -0.159. The van der Waals surface area contributed by atoms with E-state index in [2.05, 4.69) is 5.32 Å². The molecule has 5 heteroatoms. The molecule has 1 heterocycles. The Bertz CT molecular complexity index is 504. The molecule has 2 amide bonds. The predicted octanol–water partition coefficient (Wildman–Crippen LogP) is 2.14. The van der Waals surface area contributed by atoms with Crippen LogP contribution in [-0.2, 0) is 9.59 Å². The van der Waals surface area contributed by atoms with E-state index in [1.54, 1.807) is 11.8 Å². The van der Waals surface area contributed by atoms with Crippen LogP contribution in [0.4, 0.5) is 0 Å². The minimum atomic E-state index is -0.486. The van der Waals surface area contributed by atoms with E-state index in [0.29, 0.717) is 18.0 Å². The van der Waals surface area contributed by atoms with Gasteiger partial charge < -0.3 is 10.2 Å². The summed E-state index contributed by atoms with van der Waals surface area (Å²) in [5, 5.41) is 3.32. The minimum Gasteiger partial charge on any atom is -0.345 e. The van der Waals surface area contributed by atoms with Crippen molar-refractivity contribution in [1.82, 2.24) is 10.2 Å². The Kier molecular flexibility index (Phi) is 4.10. The maximum absolute atomic E-state index is 12.3. The highest BCUT2D eigenvalue weighted by molar-refractivity contribution is 6.31. The molecule has 1 aromatic carbocycles. The largest absolute Gasteiger partial charge is 0.345 e. The molecule has 1 aromatic rings. The summed E-state index contributed by atoms with van der Waals surface area (Å²) in [6, 6.07) is 6.84. The summed E-state index contributed by atoms with van der Waals surface area (Å²) >= 11 is 6.17. The lowest BCUT2D eigenvalue weighted by Gasteiger charge is -2.29. The van der Waals surface area contributed by atoms with Crippen molar-refractivity contribution in [3.05, 3.63) is 34.9 Å². The van der Waals surface area contributed by atoms with Crippen LogP contribution in [0.25, 0.3) is 0 Å². The predicted molar refractivity (Wildman–Crippen MR) is 73.8 cm³/mol. The molecule has 4 nitrogen and oxygen atoms in total. The number of hydrogen-bond acceptors (Lipinski definition) is 2. The summed E-state index contributed by atoms with van der Waals surface area (Å²) in [5.41, 5.74) is 0.902. The van der Waals surface area contributed by atoms with E-state index in [4.69, 9.17) is 11.6 Å². The number of carbonyl (C=O) groups excluding carboxylic acids is 2. The minimum absolute atomic E-state index is 0.0710. The molecular formula is C14H17ClN2O2. The van der Waals surface area contributed by atoms with E-state index in [1.165, 1.54) is 0 Å². The fourth-order valence-corrected chi connectivity index (χ4v) is 2.62. The average molecular weight is 281 g/mol. The molecule has 1 saturated heterocycles. The summed E-state index contributed by atoms with van der Waals surface area (Å²) in [7, 11) is 0. The molecule has 102 valence electrons. The van der Waals surface area contributed by atoms with Gasteiger partial charge in [-0.05, 0) is 25.5 Å². The third-order valence-corrected chi connectivity index (χ3v) is 3.78. The lowest BCUT2D eigenvalue weighted by atomic mass is 10.1. The van der Waals surface area contributed by atoms with Crippen LogP contribution in [0, 0.1) is 0 Å². The number of benzene rings is 1. The van der Waals surface area contributed by atoms with Crippen molar-refractivity contribution in [2.75, 3.05) is 6.54 Å². The molecule has 0 aromatic heterocycles. The van der Waals surface area contributed by atoms with Gasteiger partial charge in [-0.25, -0.2) is 0 Å². The van der Waals surface area contributed by atoms with Crippen LogP contribution in [0.2, 0.25) is 5.02 Å². The van der Waals surface area contributed by atoms with E-state index in [1.807, 2.05) is 31.2 Å². The fourth-order valence-electron chi connectivity index (χ4n) is 2.32. The van der Waals surface area contributed by atoms with Crippen LogP contribution in [0.5, 0.6) is 0 Å². The van der Waals surface area contributed by atoms with Crippen LogP contribution in [0.15, 0.2) is 24.3 Å². The zero-order chi connectivity index (χ0) is 14.0.